The lowest BCUT2D eigenvalue weighted by Crippen LogP contribution is -2.35. The lowest BCUT2D eigenvalue weighted by atomic mass is 10.2. The van der Waals surface area contributed by atoms with Crippen LogP contribution in [0.25, 0.3) is 0 Å². The van der Waals surface area contributed by atoms with Crippen molar-refractivity contribution >= 4 is 23.1 Å². The number of fused-ring (bicyclic) bond motifs is 1. The normalized spacial score (nSPS) is 18.8. The molecule has 7 nitrogen and oxygen atoms in total. The maximum atomic E-state index is 10.7. The molecule has 0 aliphatic carbocycles. The lowest BCUT2D eigenvalue weighted by molar-refractivity contribution is -0.385. The summed E-state index contributed by atoms with van der Waals surface area (Å²) in [5, 5.41) is 25.6. The van der Waals surface area contributed by atoms with Crippen molar-refractivity contribution in [3.05, 3.63) is 46.8 Å². The molecule has 3 rings (SSSR count). The number of hydrogen-bond donors (Lipinski definition) is 1. The van der Waals surface area contributed by atoms with E-state index < -0.39 is 11.0 Å². The minimum atomic E-state index is -0.657. The van der Waals surface area contributed by atoms with Gasteiger partial charge in [-0.15, -0.1) is 11.8 Å². The standard InChI is InChI=1S/C16H20N4O3S/c1-12-6-7-18(15-4-2-3-5-16(15)24-12)10-14(21)11-19-9-13(8-17-19)20(22)23/h2-5,8-9,12,14,21H,6-7,10-11H2,1H3. The van der Waals surface area contributed by atoms with Gasteiger partial charge in [0.2, 0.25) is 0 Å². The summed E-state index contributed by atoms with van der Waals surface area (Å²) in [5.74, 6) is 0. The number of β-amino-alcohol motifs (C(OH)–C–C–N with tert-alkyl or cyclic N) is 1. The first-order valence-electron chi connectivity index (χ1n) is 7.88. The molecule has 0 bridgehead atoms. The van der Waals surface area contributed by atoms with Gasteiger partial charge in [-0.2, -0.15) is 5.10 Å². The predicted octanol–water partition coefficient (Wildman–Crippen LogP) is 2.54. The fraction of sp³-hybridized carbons (Fsp3) is 0.438. The number of nitro groups is 1. The highest BCUT2D eigenvalue weighted by molar-refractivity contribution is 8.00. The predicted molar refractivity (Wildman–Crippen MR) is 93.5 cm³/mol. The third kappa shape index (κ3) is 3.88. The van der Waals surface area contributed by atoms with Crippen molar-refractivity contribution in [1.82, 2.24) is 9.78 Å². The number of hydrogen-bond acceptors (Lipinski definition) is 6. The SMILES string of the molecule is CC1CCN(CC(O)Cn2cc([N+](=O)[O-])cn2)c2ccccc2S1. The van der Waals surface area contributed by atoms with E-state index in [-0.39, 0.29) is 12.2 Å². The van der Waals surface area contributed by atoms with E-state index in [4.69, 9.17) is 0 Å². The van der Waals surface area contributed by atoms with Gasteiger partial charge in [0.25, 0.3) is 0 Å². The topological polar surface area (TPSA) is 84.4 Å². The highest BCUT2D eigenvalue weighted by Crippen LogP contribution is 2.37. The van der Waals surface area contributed by atoms with Crippen LogP contribution in [-0.2, 0) is 6.54 Å². The van der Waals surface area contributed by atoms with Gasteiger partial charge in [0.1, 0.15) is 12.4 Å². The monoisotopic (exact) mass is 348 g/mol. The number of anilines is 1. The molecule has 128 valence electrons. The van der Waals surface area contributed by atoms with Crippen LogP contribution < -0.4 is 4.90 Å². The van der Waals surface area contributed by atoms with E-state index in [9.17, 15) is 15.2 Å². The first-order valence-corrected chi connectivity index (χ1v) is 8.76. The van der Waals surface area contributed by atoms with E-state index in [0.717, 1.165) is 18.7 Å². The van der Waals surface area contributed by atoms with Gasteiger partial charge in [-0.05, 0) is 18.6 Å². The second-order valence-corrected chi connectivity index (χ2v) is 7.44. The van der Waals surface area contributed by atoms with Gasteiger partial charge < -0.3 is 10.0 Å². The molecule has 0 spiro atoms. The molecule has 0 fully saturated rings. The average molecular weight is 348 g/mol. The smallest absolute Gasteiger partial charge is 0.306 e. The molecule has 0 saturated carbocycles. The summed E-state index contributed by atoms with van der Waals surface area (Å²) in [6.45, 7) is 3.79. The van der Waals surface area contributed by atoms with Gasteiger partial charge in [0, 0.05) is 23.2 Å². The minimum Gasteiger partial charge on any atom is -0.389 e. The molecule has 2 unspecified atom stereocenters. The molecule has 24 heavy (non-hydrogen) atoms. The van der Waals surface area contributed by atoms with Crippen molar-refractivity contribution in [3.8, 4) is 0 Å². The molecule has 0 amide bonds. The fourth-order valence-electron chi connectivity index (χ4n) is 2.82. The van der Waals surface area contributed by atoms with E-state index in [1.54, 1.807) is 0 Å². The van der Waals surface area contributed by atoms with E-state index in [1.807, 2.05) is 23.9 Å². The Morgan fingerprint density at radius 3 is 3.00 bits per heavy atom. The van der Waals surface area contributed by atoms with Gasteiger partial charge in [-0.1, -0.05) is 19.1 Å². The maximum absolute atomic E-state index is 10.7. The van der Waals surface area contributed by atoms with Crippen LogP contribution in [0.4, 0.5) is 11.4 Å². The first kappa shape index (κ1) is 16.8. The number of aromatic nitrogens is 2. The van der Waals surface area contributed by atoms with Crippen molar-refractivity contribution in [2.24, 2.45) is 0 Å². The van der Waals surface area contributed by atoms with Crippen molar-refractivity contribution in [2.75, 3.05) is 18.0 Å². The molecular weight excluding hydrogens is 328 g/mol. The Labute approximate surface area is 144 Å². The summed E-state index contributed by atoms with van der Waals surface area (Å²) in [6.07, 6.45) is 2.93. The summed E-state index contributed by atoms with van der Waals surface area (Å²) < 4.78 is 1.42. The van der Waals surface area contributed by atoms with Crippen LogP contribution >= 0.6 is 11.8 Å². The highest BCUT2D eigenvalue weighted by Gasteiger charge is 2.22. The lowest BCUT2D eigenvalue weighted by Gasteiger charge is -2.27. The molecule has 1 aromatic carbocycles. The van der Waals surface area contributed by atoms with Crippen LogP contribution in [0, 0.1) is 10.1 Å². The average Bonchev–Trinajstić information content (AvgIpc) is 2.94. The highest BCUT2D eigenvalue weighted by atomic mass is 32.2. The van der Waals surface area contributed by atoms with E-state index in [2.05, 4.69) is 29.1 Å². The van der Waals surface area contributed by atoms with Crippen LogP contribution in [-0.4, -0.2) is 44.3 Å². The molecule has 2 heterocycles. The zero-order chi connectivity index (χ0) is 17.1. The van der Waals surface area contributed by atoms with E-state index in [1.165, 1.54) is 22.0 Å². The van der Waals surface area contributed by atoms with Gasteiger partial charge in [0.05, 0.1) is 23.3 Å². The Morgan fingerprint density at radius 1 is 1.46 bits per heavy atom. The molecule has 2 aromatic rings. The van der Waals surface area contributed by atoms with Crippen molar-refractivity contribution in [1.29, 1.82) is 0 Å². The summed E-state index contributed by atoms with van der Waals surface area (Å²) >= 11 is 1.86. The van der Waals surface area contributed by atoms with E-state index >= 15 is 0 Å². The van der Waals surface area contributed by atoms with Gasteiger partial charge in [-0.25, -0.2) is 0 Å². The molecule has 1 aromatic heterocycles. The Bertz CT molecular complexity index is 721. The fourth-order valence-corrected chi connectivity index (χ4v) is 3.95. The summed E-state index contributed by atoms with van der Waals surface area (Å²) in [7, 11) is 0. The van der Waals surface area contributed by atoms with Gasteiger partial charge >= 0.3 is 5.69 Å². The number of aliphatic hydroxyl groups excluding tert-OH is 1. The van der Waals surface area contributed by atoms with E-state index in [0.29, 0.717) is 11.8 Å². The second-order valence-electron chi connectivity index (χ2n) is 5.96. The van der Waals surface area contributed by atoms with Crippen molar-refractivity contribution in [3.63, 3.8) is 0 Å². The van der Waals surface area contributed by atoms with Crippen LogP contribution in [0.2, 0.25) is 0 Å². The quantitative estimate of drug-likeness (QED) is 0.660. The third-order valence-electron chi connectivity index (χ3n) is 4.00. The van der Waals surface area contributed by atoms with Crippen LogP contribution in [0.3, 0.4) is 0 Å². The molecule has 1 N–H and O–H groups in total. The molecule has 0 saturated heterocycles. The Morgan fingerprint density at radius 2 is 2.25 bits per heavy atom. The summed E-state index contributed by atoms with van der Waals surface area (Å²) in [4.78, 5) is 13.6. The number of thioether (sulfide) groups is 1. The summed E-state index contributed by atoms with van der Waals surface area (Å²) in [6, 6.07) is 8.22. The van der Waals surface area contributed by atoms with Crippen LogP contribution in [0.5, 0.6) is 0 Å². The largest absolute Gasteiger partial charge is 0.389 e. The van der Waals surface area contributed by atoms with Crippen molar-refractivity contribution in [2.45, 2.75) is 36.1 Å². The van der Waals surface area contributed by atoms with Gasteiger partial charge in [0.15, 0.2) is 0 Å². The molecular formula is C16H20N4O3S. The molecule has 1 aliphatic rings. The van der Waals surface area contributed by atoms with Crippen LogP contribution in [0.15, 0.2) is 41.6 Å². The first-order chi connectivity index (χ1) is 11.5. The maximum Gasteiger partial charge on any atom is 0.306 e. The number of benzene rings is 1. The number of aliphatic hydroxyl groups is 1. The van der Waals surface area contributed by atoms with Crippen LogP contribution in [0.1, 0.15) is 13.3 Å². The molecule has 8 heteroatoms. The summed E-state index contributed by atoms with van der Waals surface area (Å²) in [5.41, 5.74) is 1.07. The Balaban J connectivity index is 1.69. The number of para-hydroxylation sites is 1. The Hall–Kier alpha value is -2.06. The second kappa shape index (κ2) is 7.23. The minimum absolute atomic E-state index is 0.0625. The number of nitrogens with zero attached hydrogens (tertiary/aromatic N) is 4. The third-order valence-corrected chi connectivity index (χ3v) is 5.24. The molecule has 1 aliphatic heterocycles. The van der Waals surface area contributed by atoms with Gasteiger partial charge in [-0.3, -0.25) is 14.8 Å². The van der Waals surface area contributed by atoms with Crippen molar-refractivity contribution < 1.29 is 10.0 Å². The molecule has 2 atom stereocenters. The number of rotatable bonds is 5. The zero-order valence-corrected chi connectivity index (χ0v) is 14.2. The zero-order valence-electron chi connectivity index (χ0n) is 13.4. The Kier molecular flexibility index (Phi) is 5.06. The molecule has 0 radical (unpaired) electrons.